The average Bonchev–Trinajstić information content (AvgIpc) is 2.63. The molecule has 0 aliphatic heterocycles. The molecule has 2 atom stereocenters. The van der Waals surface area contributed by atoms with E-state index in [1.807, 2.05) is 0 Å². The minimum atomic E-state index is -0.215. The highest BCUT2D eigenvalue weighted by Crippen LogP contribution is 2.52. The van der Waals surface area contributed by atoms with Gasteiger partial charge in [-0.1, -0.05) is 114 Å². The van der Waals surface area contributed by atoms with Gasteiger partial charge in [-0.3, -0.25) is 0 Å². The fraction of sp³-hybridized carbons (Fsp3) is 0.625. The molecule has 0 aromatic heterocycles. The summed E-state index contributed by atoms with van der Waals surface area (Å²) in [5.41, 5.74) is 5.99. The Labute approximate surface area is 209 Å². The molecule has 2 nitrogen and oxygen atoms in total. The maximum Gasteiger partial charge on any atom is 0.122 e. The van der Waals surface area contributed by atoms with Crippen LogP contribution >= 0.6 is 0 Å². The van der Waals surface area contributed by atoms with Gasteiger partial charge in [-0.05, 0) is 67.9 Å². The lowest BCUT2D eigenvalue weighted by molar-refractivity contribution is 0.296. The molecule has 34 heavy (non-hydrogen) atoms. The molecular formula is C32H50O2. The van der Waals surface area contributed by atoms with Crippen LogP contribution in [-0.4, -0.2) is 10.2 Å². The van der Waals surface area contributed by atoms with Crippen LogP contribution < -0.4 is 0 Å². The maximum absolute atomic E-state index is 11.7. The van der Waals surface area contributed by atoms with E-state index in [9.17, 15) is 10.2 Å². The van der Waals surface area contributed by atoms with Crippen molar-refractivity contribution in [1.29, 1.82) is 0 Å². The summed E-state index contributed by atoms with van der Waals surface area (Å²) in [6.45, 7) is 30.5. The van der Waals surface area contributed by atoms with Gasteiger partial charge < -0.3 is 10.2 Å². The summed E-state index contributed by atoms with van der Waals surface area (Å²) in [6, 6.07) is 4.33. The lowest BCUT2D eigenvalue weighted by Gasteiger charge is -2.40. The predicted octanol–water partition coefficient (Wildman–Crippen LogP) is 9.50. The molecule has 1 aromatic rings. The van der Waals surface area contributed by atoms with Crippen molar-refractivity contribution in [1.82, 2.24) is 0 Å². The van der Waals surface area contributed by atoms with E-state index in [1.165, 1.54) is 11.1 Å². The number of rotatable bonds is 2. The summed E-state index contributed by atoms with van der Waals surface area (Å²) >= 11 is 0. The van der Waals surface area contributed by atoms with Gasteiger partial charge >= 0.3 is 0 Å². The zero-order chi connectivity index (χ0) is 26.6. The Balaban J connectivity index is 2.90. The number of hydrogen-bond acceptors (Lipinski definition) is 2. The van der Waals surface area contributed by atoms with Crippen LogP contribution in [0.25, 0.3) is 0 Å². The monoisotopic (exact) mass is 466 g/mol. The van der Waals surface area contributed by atoms with Crippen molar-refractivity contribution in [3.63, 3.8) is 0 Å². The summed E-state index contributed by atoms with van der Waals surface area (Å²) in [6.07, 6.45) is 4.36. The third-order valence-corrected chi connectivity index (χ3v) is 7.24. The van der Waals surface area contributed by atoms with E-state index >= 15 is 0 Å². The Morgan fingerprint density at radius 3 is 1.68 bits per heavy atom. The highest BCUT2D eigenvalue weighted by atomic mass is 16.3. The van der Waals surface area contributed by atoms with Crippen molar-refractivity contribution >= 4 is 0 Å². The number of aromatic hydroxyl groups is 1. The van der Waals surface area contributed by atoms with Gasteiger partial charge in [0.15, 0.2) is 0 Å². The van der Waals surface area contributed by atoms with Gasteiger partial charge in [-0.15, -0.1) is 0 Å². The number of hydrogen-bond donors (Lipinski definition) is 2. The van der Waals surface area contributed by atoms with Crippen LogP contribution in [0.15, 0.2) is 46.8 Å². The predicted molar refractivity (Wildman–Crippen MR) is 148 cm³/mol. The minimum absolute atomic E-state index is 0.0525. The van der Waals surface area contributed by atoms with Crippen LogP contribution in [0.1, 0.15) is 120 Å². The van der Waals surface area contributed by atoms with Crippen LogP contribution in [0.4, 0.5) is 0 Å². The Hall–Kier alpha value is -1.96. The van der Waals surface area contributed by atoms with E-state index < -0.39 is 0 Å². The fourth-order valence-corrected chi connectivity index (χ4v) is 5.06. The molecule has 0 bridgehead atoms. The van der Waals surface area contributed by atoms with Crippen LogP contribution in [0.3, 0.4) is 0 Å². The first-order valence-electron chi connectivity index (χ1n) is 12.8. The van der Waals surface area contributed by atoms with Gasteiger partial charge in [-0.25, -0.2) is 0 Å². The van der Waals surface area contributed by atoms with Gasteiger partial charge in [0.25, 0.3) is 0 Å². The highest BCUT2D eigenvalue weighted by Gasteiger charge is 2.40. The smallest absolute Gasteiger partial charge is 0.122 e. The fourth-order valence-electron chi connectivity index (χ4n) is 5.06. The zero-order valence-electron chi connectivity index (χ0n) is 24.4. The molecule has 0 heterocycles. The van der Waals surface area contributed by atoms with E-state index in [1.54, 1.807) is 0 Å². The molecule has 0 spiro atoms. The Bertz CT molecular complexity index is 1020. The first-order chi connectivity index (χ1) is 15.1. The highest BCUT2D eigenvalue weighted by molar-refractivity contribution is 5.56. The van der Waals surface area contributed by atoms with E-state index in [0.717, 1.165) is 22.3 Å². The van der Waals surface area contributed by atoms with Gasteiger partial charge in [0.1, 0.15) is 11.5 Å². The molecule has 0 amide bonds. The second-order valence-corrected chi connectivity index (χ2v) is 14.3. The SMILES string of the molecule is CC=C1C(C(C)(C)C)=CC(C(C)(C)C)=C(O)C1C(C)c1cc(C(C)(C)C)cc(C(C)(C)C)c1O. The topological polar surface area (TPSA) is 40.5 Å². The van der Waals surface area contributed by atoms with Crippen molar-refractivity contribution in [2.24, 2.45) is 16.7 Å². The summed E-state index contributed by atoms with van der Waals surface area (Å²) in [7, 11) is 0. The number of phenols is 1. The molecule has 2 heteroatoms. The number of allylic oxidation sites excluding steroid dienone is 5. The zero-order valence-corrected chi connectivity index (χ0v) is 24.4. The molecule has 0 saturated carbocycles. The van der Waals surface area contributed by atoms with E-state index in [-0.39, 0.29) is 33.5 Å². The first kappa shape index (κ1) is 28.3. The lowest BCUT2D eigenvalue weighted by Crippen LogP contribution is -2.29. The summed E-state index contributed by atoms with van der Waals surface area (Å²) < 4.78 is 0. The molecule has 1 aliphatic carbocycles. The van der Waals surface area contributed by atoms with Crippen molar-refractivity contribution in [3.05, 3.63) is 63.5 Å². The normalized spacial score (nSPS) is 20.6. The molecule has 1 aliphatic rings. The van der Waals surface area contributed by atoms with Crippen LogP contribution in [-0.2, 0) is 10.8 Å². The van der Waals surface area contributed by atoms with Gasteiger partial charge in [-0.2, -0.15) is 0 Å². The maximum atomic E-state index is 11.7. The number of aliphatic hydroxyl groups is 1. The third kappa shape index (κ3) is 5.47. The minimum Gasteiger partial charge on any atom is -0.511 e. The molecule has 1 aromatic carbocycles. The summed E-state index contributed by atoms with van der Waals surface area (Å²) in [5, 5.41) is 23.3. The van der Waals surface area contributed by atoms with Crippen molar-refractivity contribution in [2.75, 3.05) is 0 Å². The lowest BCUT2D eigenvalue weighted by atomic mass is 9.65. The molecule has 190 valence electrons. The van der Waals surface area contributed by atoms with Crippen LogP contribution in [0.5, 0.6) is 5.75 Å². The van der Waals surface area contributed by atoms with E-state index in [2.05, 4.69) is 121 Å². The van der Waals surface area contributed by atoms with Crippen molar-refractivity contribution in [2.45, 2.75) is 114 Å². The average molecular weight is 467 g/mol. The van der Waals surface area contributed by atoms with Gasteiger partial charge in [0, 0.05) is 5.92 Å². The Morgan fingerprint density at radius 2 is 1.29 bits per heavy atom. The molecule has 0 radical (unpaired) electrons. The quantitative estimate of drug-likeness (QED) is 0.455. The van der Waals surface area contributed by atoms with Gasteiger partial charge in [0.2, 0.25) is 0 Å². The number of phenolic OH excluding ortho intramolecular Hbond substituents is 1. The summed E-state index contributed by atoms with van der Waals surface area (Å²) in [4.78, 5) is 0. The van der Waals surface area contributed by atoms with Gasteiger partial charge in [0.05, 0.1) is 0 Å². The standard InChI is InChI=1S/C32H50O2/c1-15-21-23(30(6,7)8)18-25(32(12,13)14)28(34)26(21)19(2)22-16-20(29(3,4)5)17-24(27(22)33)31(9,10)11/h15-19,26,33-34H,1-14H3. The van der Waals surface area contributed by atoms with Crippen LogP contribution in [0, 0.1) is 16.7 Å². The second kappa shape index (κ2) is 8.92. The molecule has 2 N–H and O–H groups in total. The molecule has 2 rings (SSSR count). The largest absolute Gasteiger partial charge is 0.511 e. The molecule has 2 unspecified atom stereocenters. The molecule has 0 fully saturated rings. The number of aliphatic hydroxyl groups excluding tert-OH is 1. The third-order valence-electron chi connectivity index (χ3n) is 7.24. The second-order valence-electron chi connectivity index (χ2n) is 14.3. The van der Waals surface area contributed by atoms with E-state index in [4.69, 9.17) is 0 Å². The van der Waals surface area contributed by atoms with Crippen molar-refractivity contribution < 1.29 is 10.2 Å². The first-order valence-corrected chi connectivity index (χ1v) is 12.8. The number of benzene rings is 1. The summed E-state index contributed by atoms with van der Waals surface area (Å²) in [5.74, 6) is 0.477. The van der Waals surface area contributed by atoms with Crippen LogP contribution in [0.2, 0.25) is 0 Å². The van der Waals surface area contributed by atoms with Crippen molar-refractivity contribution in [3.8, 4) is 5.75 Å². The molecular weight excluding hydrogens is 416 g/mol. The molecule has 0 saturated heterocycles. The van der Waals surface area contributed by atoms with E-state index in [0.29, 0.717) is 11.5 Å². The Morgan fingerprint density at radius 1 is 0.765 bits per heavy atom. The Kier molecular flexibility index (Phi) is 7.42.